The Labute approximate surface area is 81.7 Å². The Morgan fingerprint density at radius 1 is 1.29 bits per heavy atom. The highest BCUT2D eigenvalue weighted by Gasteiger charge is 2.13. The summed E-state index contributed by atoms with van der Waals surface area (Å²) >= 11 is 0. The van der Waals surface area contributed by atoms with Gasteiger partial charge in [0, 0.05) is 12.5 Å². The molecule has 1 aromatic rings. The summed E-state index contributed by atoms with van der Waals surface area (Å²) in [6, 6.07) is 2.03. The van der Waals surface area contributed by atoms with Crippen LogP contribution in [0.5, 0.6) is 0 Å². The molecular weight excluding hydrogens is 186 g/mol. The summed E-state index contributed by atoms with van der Waals surface area (Å²) in [6.07, 6.45) is 0.955. The van der Waals surface area contributed by atoms with Crippen LogP contribution in [0.3, 0.4) is 0 Å². The van der Waals surface area contributed by atoms with Gasteiger partial charge in [-0.15, -0.1) is 0 Å². The second-order valence-corrected chi connectivity index (χ2v) is 3.25. The molecule has 0 amide bonds. The van der Waals surface area contributed by atoms with E-state index in [-0.39, 0.29) is 11.3 Å². The van der Waals surface area contributed by atoms with Crippen LogP contribution in [0.15, 0.2) is 12.1 Å². The van der Waals surface area contributed by atoms with Gasteiger partial charge in [-0.1, -0.05) is 6.92 Å². The highest BCUT2D eigenvalue weighted by molar-refractivity contribution is 5.96. The lowest BCUT2D eigenvalue weighted by atomic mass is 10.0. The zero-order valence-electron chi connectivity index (χ0n) is 8.23. The van der Waals surface area contributed by atoms with Gasteiger partial charge in [0.05, 0.1) is 5.56 Å². The monoisotopic (exact) mass is 198 g/mol. The molecule has 0 aliphatic rings. The van der Waals surface area contributed by atoms with Crippen molar-refractivity contribution >= 4 is 5.78 Å². The summed E-state index contributed by atoms with van der Waals surface area (Å²) in [7, 11) is 0. The van der Waals surface area contributed by atoms with E-state index >= 15 is 0 Å². The predicted molar refractivity (Wildman–Crippen MR) is 50.3 cm³/mol. The molecule has 0 N–H and O–H groups in total. The van der Waals surface area contributed by atoms with Gasteiger partial charge in [0.15, 0.2) is 5.78 Å². The quantitative estimate of drug-likeness (QED) is 0.681. The van der Waals surface area contributed by atoms with E-state index in [0.29, 0.717) is 18.4 Å². The number of hydrogen-bond acceptors (Lipinski definition) is 1. The maximum atomic E-state index is 13.1. The third-order valence-electron chi connectivity index (χ3n) is 2.03. The van der Waals surface area contributed by atoms with Crippen molar-refractivity contribution in [3.8, 4) is 0 Å². The van der Waals surface area contributed by atoms with E-state index in [9.17, 15) is 13.6 Å². The van der Waals surface area contributed by atoms with E-state index < -0.39 is 11.6 Å². The number of benzene rings is 1. The molecule has 1 rings (SSSR count). The first-order valence-electron chi connectivity index (χ1n) is 4.55. The number of carbonyl (C=O) groups is 1. The minimum Gasteiger partial charge on any atom is -0.294 e. The summed E-state index contributed by atoms with van der Waals surface area (Å²) in [5.41, 5.74) is 0.289. The van der Waals surface area contributed by atoms with E-state index in [0.717, 1.165) is 6.07 Å². The van der Waals surface area contributed by atoms with E-state index in [1.165, 1.54) is 13.0 Å². The third-order valence-corrected chi connectivity index (χ3v) is 2.03. The molecule has 1 nitrogen and oxygen atoms in total. The first kappa shape index (κ1) is 10.8. The van der Waals surface area contributed by atoms with Crippen LogP contribution in [0.2, 0.25) is 0 Å². The molecule has 1 aromatic carbocycles. The fourth-order valence-corrected chi connectivity index (χ4v) is 1.23. The van der Waals surface area contributed by atoms with Crippen LogP contribution in [-0.2, 0) is 0 Å². The second kappa shape index (κ2) is 4.31. The number of hydrogen-bond donors (Lipinski definition) is 0. The molecule has 0 aliphatic heterocycles. The Kier molecular flexibility index (Phi) is 3.33. The van der Waals surface area contributed by atoms with Crippen LogP contribution >= 0.6 is 0 Å². The predicted octanol–water partition coefficient (Wildman–Crippen LogP) is 3.26. The Morgan fingerprint density at radius 2 is 1.93 bits per heavy atom. The number of aryl methyl sites for hydroxylation is 1. The molecule has 0 aliphatic carbocycles. The van der Waals surface area contributed by atoms with E-state index in [4.69, 9.17) is 0 Å². The standard InChI is InChI=1S/C11H12F2O/c1-3-4-11(14)8-5-7(2)9(12)6-10(8)13/h5-6H,3-4H2,1-2H3. The summed E-state index contributed by atoms with van der Waals surface area (Å²) < 4.78 is 26.0. The van der Waals surface area contributed by atoms with Crippen molar-refractivity contribution in [3.05, 3.63) is 34.9 Å². The first-order valence-corrected chi connectivity index (χ1v) is 4.55. The fraction of sp³-hybridized carbons (Fsp3) is 0.364. The van der Waals surface area contributed by atoms with Crippen molar-refractivity contribution in [1.82, 2.24) is 0 Å². The van der Waals surface area contributed by atoms with Gasteiger partial charge in [-0.2, -0.15) is 0 Å². The van der Waals surface area contributed by atoms with Crippen LogP contribution in [-0.4, -0.2) is 5.78 Å². The highest BCUT2D eigenvalue weighted by Crippen LogP contribution is 2.16. The van der Waals surface area contributed by atoms with Crippen molar-refractivity contribution in [3.63, 3.8) is 0 Å². The van der Waals surface area contributed by atoms with Crippen LogP contribution in [0.25, 0.3) is 0 Å². The van der Waals surface area contributed by atoms with Gasteiger partial charge in [0.25, 0.3) is 0 Å². The van der Waals surface area contributed by atoms with Crippen LogP contribution in [0, 0.1) is 18.6 Å². The summed E-state index contributed by atoms with van der Waals surface area (Å²) in [5.74, 6) is -1.66. The Balaban J connectivity index is 3.09. The topological polar surface area (TPSA) is 17.1 Å². The average molecular weight is 198 g/mol. The molecule has 3 heteroatoms. The minimum atomic E-state index is -0.772. The van der Waals surface area contributed by atoms with Crippen molar-refractivity contribution in [1.29, 1.82) is 0 Å². The van der Waals surface area contributed by atoms with Gasteiger partial charge in [-0.3, -0.25) is 4.79 Å². The lowest BCUT2D eigenvalue weighted by molar-refractivity contribution is 0.0977. The molecule has 0 bridgehead atoms. The number of Topliss-reactive ketones (excluding diaryl/α,β-unsaturated/α-hetero) is 1. The number of rotatable bonds is 3. The minimum absolute atomic E-state index is 0.00856. The molecular formula is C11H12F2O. The summed E-state index contributed by atoms with van der Waals surface area (Å²) in [6.45, 7) is 3.35. The van der Waals surface area contributed by atoms with Crippen molar-refractivity contribution in [2.45, 2.75) is 26.7 Å². The highest BCUT2D eigenvalue weighted by atomic mass is 19.1. The van der Waals surface area contributed by atoms with Crippen LogP contribution in [0.4, 0.5) is 8.78 Å². The number of ketones is 1. The van der Waals surface area contributed by atoms with Crippen LogP contribution in [0.1, 0.15) is 35.7 Å². The van der Waals surface area contributed by atoms with Crippen molar-refractivity contribution in [2.24, 2.45) is 0 Å². The molecule has 0 heterocycles. The number of carbonyl (C=O) groups excluding carboxylic acids is 1. The second-order valence-electron chi connectivity index (χ2n) is 3.25. The molecule has 0 fully saturated rings. The maximum Gasteiger partial charge on any atom is 0.165 e. The molecule has 0 atom stereocenters. The van der Waals surface area contributed by atoms with Gasteiger partial charge >= 0.3 is 0 Å². The van der Waals surface area contributed by atoms with Crippen molar-refractivity contribution < 1.29 is 13.6 Å². The Hall–Kier alpha value is -1.25. The van der Waals surface area contributed by atoms with Gasteiger partial charge in [0.2, 0.25) is 0 Å². The largest absolute Gasteiger partial charge is 0.294 e. The van der Waals surface area contributed by atoms with Crippen molar-refractivity contribution in [2.75, 3.05) is 0 Å². The number of halogens is 2. The molecule has 0 radical (unpaired) electrons. The van der Waals surface area contributed by atoms with Gasteiger partial charge in [-0.05, 0) is 25.0 Å². The summed E-state index contributed by atoms with van der Waals surface area (Å²) in [5, 5.41) is 0. The molecule has 0 saturated carbocycles. The normalized spacial score (nSPS) is 10.3. The Morgan fingerprint density at radius 3 is 2.50 bits per heavy atom. The third kappa shape index (κ3) is 2.16. The van der Waals surface area contributed by atoms with E-state index in [1.54, 1.807) is 0 Å². The fourth-order valence-electron chi connectivity index (χ4n) is 1.23. The smallest absolute Gasteiger partial charge is 0.165 e. The first-order chi connectivity index (χ1) is 6.56. The molecule has 0 unspecified atom stereocenters. The molecule has 0 spiro atoms. The maximum absolute atomic E-state index is 13.1. The van der Waals surface area contributed by atoms with E-state index in [1.807, 2.05) is 6.92 Å². The zero-order chi connectivity index (χ0) is 10.7. The Bertz CT molecular complexity index is 359. The molecule has 0 saturated heterocycles. The zero-order valence-corrected chi connectivity index (χ0v) is 8.23. The SMILES string of the molecule is CCCC(=O)c1cc(C)c(F)cc1F. The van der Waals surface area contributed by atoms with E-state index in [2.05, 4.69) is 0 Å². The van der Waals surface area contributed by atoms with Gasteiger partial charge in [-0.25, -0.2) is 8.78 Å². The average Bonchev–Trinajstić information content (AvgIpc) is 2.11. The molecule has 0 aromatic heterocycles. The lowest BCUT2D eigenvalue weighted by Gasteiger charge is -2.03. The lowest BCUT2D eigenvalue weighted by Crippen LogP contribution is -2.03. The van der Waals surface area contributed by atoms with Crippen LogP contribution < -0.4 is 0 Å². The molecule has 76 valence electrons. The molecule has 14 heavy (non-hydrogen) atoms. The van der Waals surface area contributed by atoms with Gasteiger partial charge < -0.3 is 0 Å². The summed E-state index contributed by atoms with van der Waals surface area (Å²) in [4.78, 5) is 11.4. The van der Waals surface area contributed by atoms with Gasteiger partial charge in [0.1, 0.15) is 11.6 Å².